The molecule has 2 aromatic rings. The average molecular weight is 359 g/mol. The SMILES string of the molecule is CCNC(=NCc1ccc(C)cc1)NCCCNC(=O)c1cccs1. The van der Waals surface area contributed by atoms with E-state index in [1.165, 1.54) is 22.5 Å². The van der Waals surface area contributed by atoms with E-state index in [1.54, 1.807) is 0 Å². The maximum Gasteiger partial charge on any atom is 0.261 e. The molecule has 2 rings (SSSR count). The first-order chi connectivity index (χ1) is 12.2. The summed E-state index contributed by atoms with van der Waals surface area (Å²) >= 11 is 1.45. The largest absolute Gasteiger partial charge is 0.357 e. The zero-order chi connectivity index (χ0) is 17.9. The summed E-state index contributed by atoms with van der Waals surface area (Å²) in [7, 11) is 0. The molecule has 5 nitrogen and oxygen atoms in total. The number of benzene rings is 1. The minimum absolute atomic E-state index is 0.00468. The second kappa shape index (κ2) is 10.5. The van der Waals surface area contributed by atoms with Gasteiger partial charge in [0.2, 0.25) is 0 Å². The minimum Gasteiger partial charge on any atom is -0.357 e. The third-order valence-corrected chi connectivity index (χ3v) is 4.43. The Morgan fingerprint density at radius 2 is 1.84 bits per heavy atom. The Morgan fingerprint density at radius 1 is 1.08 bits per heavy atom. The molecule has 25 heavy (non-hydrogen) atoms. The van der Waals surface area contributed by atoms with Gasteiger partial charge in [-0.15, -0.1) is 11.3 Å². The van der Waals surface area contributed by atoms with Crippen LogP contribution in [0.3, 0.4) is 0 Å². The number of hydrogen-bond acceptors (Lipinski definition) is 3. The average Bonchev–Trinajstić information content (AvgIpc) is 3.15. The highest BCUT2D eigenvalue weighted by Crippen LogP contribution is 2.07. The Kier molecular flexibility index (Phi) is 7.98. The Labute approximate surface area is 153 Å². The molecule has 6 heteroatoms. The van der Waals surface area contributed by atoms with Crippen LogP contribution in [0.1, 0.15) is 34.1 Å². The number of amides is 1. The number of guanidine groups is 1. The molecule has 0 aliphatic carbocycles. The van der Waals surface area contributed by atoms with E-state index in [0.29, 0.717) is 13.1 Å². The van der Waals surface area contributed by atoms with Crippen LogP contribution in [-0.4, -0.2) is 31.5 Å². The van der Waals surface area contributed by atoms with E-state index in [-0.39, 0.29) is 5.91 Å². The van der Waals surface area contributed by atoms with Gasteiger partial charge in [-0.05, 0) is 37.3 Å². The lowest BCUT2D eigenvalue weighted by Gasteiger charge is -2.11. The standard InChI is InChI=1S/C19H26N4OS/c1-3-20-19(23-14-16-9-7-15(2)8-10-16)22-12-5-11-21-18(24)17-6-4-13-25-17/h4,6-10,13H,3,5,11-12,14H2,1-2H3,(H,21,24)(H2,20,22,23). The Bertz CT molecular complexity index is 665. The third kappa shape index (κ3) is 6.97. The van der Waals surface area contributed by atoms with Gasteiger partial charge < -0.3 is 16.0 Å². The van der Waals surface area contributed by atoms with Gasteiger partial charge in [0.15, 0.2) is 5.96 Å². The highest BCUT2D eigenvalue weighted by atomic mass is 32.1. The fraction of sp³-hybridized carbons (Fsp3) is 0.368. The van der Waals surface area contributed by atoms with Crippen molar-refractivity contribution < 1.29 is 4.79 Å². The van der Waals surface area contributed by atoms with Crippen LogP contribution < -0.4 is 16.0 Å². The van der Waals surface area contributed by atoms with Gasteiger partial charge in [-0.3, -0.25) is 4.79 Å². The van der Waals surface area contributed by atoms with E-state index >= 15 is 0 Å². The third-order valence-electron chi connectivity index (χ3n) is 3.56. The van der Waals surface area contributed by atoms with Gasteiger partial charge >= 0.3 is 0 Å². The quantitative estimate of drug-likeness (QED) is 0.386. The lowest BCUT2D eigenvalue weighted by molar-refractivity contribution is 0.0957. The first-order valence-corrected chi connectivity index (χ1v) is 9.46. The molecule has 134 valence electrons. The number of carbonyl (C=O) groups is 1. The van der Waals surface area contributed by atoms with Crippen molar-refractivity contribution in [3.05, 3.63) is 57.8 Å². The first kappa shape index (κ1) is 19.0. The zero-order valence-electron chi connectivity index (χ0n) is 14.8. The van der Waals surface area contributed by atoms with Crippen LogP contribution in [-0.2, 0) is 6.54 Å². The number of hydrogen-bond donors (Lipinski definition) is 3. The predicted octanol–water partition coefficient (Wildman–Crippen LogP) is 2.93. The molecule has 0 spiro atoms. The van der Waals surface area contributed by atoms with Crippen molar-refractivity contribution in [3.8, 4) is 0 Å². The van der Waals surface area contributed by atoms with Crippen LogP contribution in [0.4, 0.5) is 0 Å². The summed E-state index contributed by atoms with van der Waals surface area (Å²) < 4.78 is 0. The van der Waals surface area contributed by atoms with Crippen LogP contribution in [0, 0.1) is 6.92 Å². The van der Waals surface area contributed by atoms with Crippen molar-refractivity contribution in [2.75, 3.05) is 19.6 Å². The monoisotopic (exact) mass is 358 g/mol. The zero-order valence-corrected chi connectivity index (χ0v) is 15.7. The van der Waals surface area contributed by atoms with Crippen molar-refractivity contribution in [1.82, 2.24) is 16.0 Å². The first-order valence-electron chi connectivity index (χ1n) is 8.58. The van der Waals surface area contributed by atoms with Gasteiger partial charge in [-0.25, -0.2) is 4.99 Å². The molecule has 0 aliphatic heterocycles. The molecule has 0 fully saturated rings. The van der Waals surface area contributed by atoms with Gasteiger partial charge in [-0.1, -0.05) is 35.9 Å². The lowest BCUT2D eigenvalue weighted by Crippen LogP contribution is -2.38. The molecule has 0 unspecified atom stereocenters. The summed E-state index contributed by atoms with van der Waals surface area (Å²) in [4.78, 5) is 17.2. The van der Waals surface area contributed by atoms with Crippen molar-refractivity contribution in [2.45, 2.75) is 26.8 Å². The molecule has 0 atom stereocenters. The Morgan fingerprint density at radius 3 is 2.52 bits per heavy atom. The molecule has 1 heterocycles. The molecule has 0 aliphatic rings. The van der Waals surface area contributed by atoms with Gasteiger partial charge in [-0.2, -0.15) is 0 Å². The predicted molar refractivity (Wildman–Crippen MR) is 105 cm³/mol. The normalized spacial score (nSPS) is 11.2. The van der Waals surface area contributed by atoms with Crippen molar-refractivity contribution >= 4 is 23.2 Å². The minimum atomic E-state index is -0.00468. The van der Waals surface area contributed by atoms with Crippen LogP contribution in [0.2, 0.25) is 0 Å². The van der Waals surface area contributed by atoms with Crippen molar-refractivity contribution in [1.29, 1.82) is 0 Å². The molecule has 1 aromatic heterocycles. The highest BCUT2D eigenvalue weighted by Gasteiger charge is 2.04. The molecule has 0 radical (unpaired) electrons. The number of aryl methyl sites for hydroxylation is 1. The van der Waals surface area contributed by atoms with Gasteiger partial charge in [0, 0.05) is 19.6 Å². The molecule has 1 amide bonds. The lowest BCUT2D eigenvalue weighted by atomic mass is 10.1. The topological polar surface area (TPSA) is 65.5 Å². The molecule has 0 saturated heterocycles. The second-order valence-corrected chi connectivity index (χ2v) is 6.64. The molecule has 0 bridgehead atoms. The summed E-state index contributed by atoms with van der Waals surface area (Å²) in [6, 6.07) is 12.1. The fourth-order valence-corrected chi connectivity index (χ4v) is 2.84. The molecule has 1 aromatic carbocycles. The maximum atomic E-state index is 11.8. The number of aliphatic imine (C=N–C) groups is 1. The van der Waals surface area contributed by atoms with Crippen LogP contribution in [0.15, 0.2) is 46.8 Å². The second-order valence-electron chi connectivity index (χ2n) is 5.69. The number of nitrogens with zero attached hydrogens (tertiary/aromatic N) is 1. The van der Waals surface area contributed by atoms with Crippen molar-refractivity contribution in [3.63, 3.8) is 0 Å². The number of thiophene rings is 1. The maximum absolute atomic E-state index is 11.8. The smallest absolute Gasteiger partial charge is 0.261 e. The van der Waals surface area contributed by atoms with E-state index in [9.17, 15) is 4.79 Å². The summed E-state index contributed by atoms with van der Waals surface area (Å²) in [6.07, 6.45) is 0.839. The van der Waals surface area contributed by atoms with E-state index < -0.39 is 0 Å². The molecule has 0 saturated carbocycles. The molecular formula is C19H26N4OS. The van der Waals surface area contributed by atoms with Crippen LogP contribution in [0.5, 0.6) is 0 Å². The summed E-state index contributed by atoms with van der Waals surface area (Å²) in [5.41, 5.74) is 2.44. The fourth-order valence-electron chi connectivity index (χ4n) is 2.20. The van der Waals surface area contributed by atoms with Gasteiger partial charge in [0.1, 0.15) is 0 Å². The van der Waals surface area contributed by atoms with Crippen LogP contribution >= 0.6 is 11.3 Å². The van der Waals surface area contributed by atoms with E-state index in [1.807, 2.05) is 24.4 Å². The van der Waals surface area contributed by atoms with E-state index in [2.05, 4.69) is 52.1 Å². The van der Waals surface area contributed by atoms with E-state index in [4.69, 9.17) is 0 Å². The summed E-state index contributed by atoms with van der Waals surface area (Å²) in [6.45, 7) is 6.98. The Balaban J connectivity index is 1.70. The summed E-state index contributed by atoms with van der Waals surface area (Å²) in [5.74, 6) is 0.794. The number of rotatable bonds is 8. The molecular weight excluding hydrogens is 332 g/mol. The molecule has 3 N–H and O–H groups in total. The number of carbonyl (C=O) groups excluding carboxylic acids is 1. The number of nitrogens with one attached hydrogen (secondary N) is 3. The summed E-state index contributed by atoms with van der Waals surface area (Å²) in [5, 5.41) is 11.4. The van der Waals surface area contributed by atoms with Crippen molar-refractivity contribution in [2.24, 2.45) is 4.99 Å². The van der Waals surface area contributed by atoms with Crippen LogP contribution in [0.25, 0.3) is 0 Å². The highest BCUT2D eigenvalue weighted by molar-refractivity contribution is 7.12. The van der Waals surface area contributed by atoms with Gasteiger partial charge in [0.05, 0.1) is 11.4 Å². The van der Waals surface area contributed by atoms with Gasteiger partial charge in [0.25, 0.3) is 5.91 Å². The van der Waals surface area contributed by atoms with E-state index in [0.717, 1.165) is 30.3 Å². The Hall–Kier alpha value is -2.34.